The molecule has 142 valence electrons. The van der Waals surface area contributed by atoms with Crippen molar-refractivity contribution in [3.63, 3.8) is 0 Å². The summed E-state index contributed by atoms with van der Waals surface area (Å²) in [5.41, 5.74) is 1.66. The second kappa shape index (κ2) is 8.91. The van der Waals surface area contributed by atoms with Crippen LogP contribution >= 0.6 is 11.6 Å². The number of piperidine rings is 1. The van der Waals surface area contributed by atoms with Crippen LogP contribution in [-0.2, 0) is 16.0 Å². The third kappa shape index (κ3) is 5.01. The number of likely N-dealkylation sites (tertiary alicyclic amines) is 1. The van der Waals surface area contributed by atoms with Crippen molar-refractivity contribution in [1.29, 1.82) is 0 Å². The van der Waals surface area contributed by atoms with E-state index in [0.29, 0.717) is 48.8 Å². The van der Waals surface area contributed by atoms with Gasteiger partial charge in [0.15, 0.2) is 0 Å². The lowest BCUT2D eigenvalue weighted by Crippen LogP contribution is -2.42. The number of halogens is 1. The summed E-state index contributed by atoms with van der Waals surface area (Å²) in [5.74, 6) is 0.542. The van der Waals surface area contributed by atoms with E-state index >= 15 is 0 Å². The minimum absolute atomic E-state index is 0.0357. The summed E-state index contributed by atoms with van der Waals surface area (Å²) in [7, 11) is 1.55. The molecular weight excluding hydrogens is 364 g/mol. The molecule has 0 saturated carbocycles. The maximum atomic E-state index is 12.5. The highest BCUT2D eigenvalue weighted by atomic mass is 35.5. The molecule has 1 aliphatic rings. The maximum absolute atomic E-state index is 12.5. The van der Waals surface area contributed by atoms with Gasteiger partial charge in [-0.25, -0.2) is 0 Å². The van der Waals surface area contributed by atoms with Crippen LogP contribution in [0.25, 0.3) is 0 Å². The quantitative estimate of drug-likeness (QED) is 0.850. The van der Waals surface area contributed by atoms with Gasteiger partial charge in [0.2, 0.25) is 11.8 Å². The fourth-order valence-corrected chi connectivity index (χ4v) is 3.52. The highest BCUT2D eigenvalue weighted by Gasteiger charge is 2.27. The average Bonchev–Trinajstić information content (AvgIpc) is 2.69. The Hall–Kier alpha value is -2.53. The van der Waals surface area contributed by atoms with Crippen molar-refractivity contribution in [2.24, 2.45) is 5.92 Å². The molecule has 1 aliphatic heterocycles. The first-order valence-corrected chi connectivity index (χ1v) is 9.40. The van der Waals surface area contributed by atoms with Gasteiger partial charge in [-0.2, -0.15) is 0 Å². The zero-order valence-electron chi connectivity index (χ0n) is 15.3. The summed E-state index contributed by atoms with van der Waals surface area (Å²) < 4.78 is 5.12. The van der Waals surface area contributed by atoms with Gasteiger partial charge in [-0.3, -0.25) is 9.59 Å². The molecule has 5 nitrogen and oxygen atoms in total. The van der Waals surface area contributed by atoms with Gasteiger partial charge >= 0.3 is 0 Å². The van der Waals surface area contributed by atoms with Crippen molar-refractivity contribution < 1.29 is 14.3 Å². The smallest absolute Gasteiger partial charge is 0.227 e. The molecule has 0 unspecified atom stereocenters. The molecule has 2 aromatic carbocycles. The number of hydrogen-bond acceptors (Lipinski definition) is 3. The number of nitrogens with one attached hydrogen (secondary N) is 1. The third-order valence-corrected chi connectivity index (χ3v) is 5.13. The molecule has 0 spiro atoms. The highest BCUT2D eigenvalue weighted by Crippen LogP contribution is 2.28. The predicted octanol–water partition coefficient (Wildman–Crippen LogP) is 3.77. The minimum Gasteiger partial charge on any atom is -0.495 e. The Balaban J connectivity index is 1.50. The summed E-state index contributed by atoms with van der Waals surface area (Å²) >= 11 is 6.10. The van der Waals surface area contributed by atoms with Crippen LogP contribution < -0.4 is 10.1 Å². The summed E-state index contributed by atoms with van der Waals surface area (Å²) in [6.45, 7) is 1.21. The van der Waals surface area contributed by atoms with Crippen LogP contribution in [0.3, 0.4) is 0 Å². The summed E-state index contributed by atoms with van der Waals surface area (Å²) in [6.07, 6.45) is 1.73. The molecule has 6 heteroatoms. The van der Waals surface area contributed by atoms with E-state index in [1.807, 2.05) is 35.2 Å². The van der Waals surface area contributed by atoms with Gasteiger partial charge < -0.3 is 15.0 Å². The number of rotatable bonds is 5. The van der Waals surface area contributed by atoms with Crippen LogP contribution in [0, 0.1) is 5.92 Å². The van der Waals surface area contributed by atoms with Crippen LogP contribution in [-0.4, -0.2) is 36.9 Å². The maximum Gasteiger partial charge on any atom is 0.227 e. The van der Waals surface area contributed by atoms with Gasteiger partial charge in [-0.05, 0) is 36.6 Å². The SMILES string of the molecule is COc1ccc(NC(=O)C2CCN(C(=O)Cc3ccccc3)CC2)cc1Cl. The number of amides is 2. The van der Waals surface area contributed by atoms with Crippen LogP contribution in [0.15, 0.2) is 48.5 Å². The summed E-state index contributed by atoms with van der Waals surface area (Å²) in [6, 6.07) is 14.9. The van der Waals surface area contributed by atoms with E-state index in [1.165, 1.54) is 0 Å². The van der Waals surface area contributed by atoms with Crippen molar-refractivity contribution in [2.45, 2.75) is 19.3 Å². The number of methoxy groups -OCH3 is 1. The lowest BCUT2D eigenvalue weighted by molar-refractivity contribution is -0.133. The molecule has 1 heterocycles. The predicted molar refractivity (Wildman–Crippen MR) is 106 cm³/mol. The second-order valence-corrected chi connectivity index (χ2v) is 7.06. The number of benzene rings is 2. The number of ether oxygens (including phenoxy) is 1. The molecule has 0 atom stereocenters. The van der Waals surface area contributed by atoms with Crippen molar-refractivity contribution in [2.75, 3.05) is 25.5 Å². The fourth-order valence-electron chi connectivity index (χ4n) is 3.26. The number of carbonyl (C=O) groups excluding carboxylic acids is 2. The molecule has 0 aromatic heterocycles. The van der Waals surface area contributed by atoms with Crippen LogP contribution in [0.4, 0.5) is 5.69 Å². The van der Waals surface area contributed by atoms with Crippen molar-refractivity contribution in [1.82, 2.24) is 4.90 Å². The normalized spacial score (nSPS) is 14.7. The first-order chi connectivity index (χ1) is 13.1. The van der Waals surface area contributed by atoms with Crippen molar-refractivity contribution >= 4 is 29.1 Å². The van der Waals surface area contributed by atoms with E-state index in [2.05, 4.69) is 5.32 Å². The van der Waals surface area contributed by atoms with Crippen molar-refractivity contribution in [3.05, 3.63) is 59.1 Å². The Morgan fingerprint density at radius 1 is 1.15 bits per heavy atom. The lowest BCUT2D eigenvalue weighted by atomic mass is 9.95. The van der Waals surface area contributed by atoms with Gasteiger partial charge in [0.05, 0.1) is 18.6 Å². The molecule has 0 bridgehead atoms. The summed E-state index contributed by atoms with van der Waals surface area (Å²) in [4.78, 5) is 26.8. The average molecular weight is 387 g/mol. The van der Waals surface area contributed by atoms with E-state index in [1.54, 1.807) is 25.3 Å². The first-order valence-electron chi connectivity index (χ1n) is 9.03. The molecule has 1 fully saturated rings. The fraction of sp³-hybridized carbons (Fsp3) is 0.333. The molecule has 2 aromatic rings. The first kappa shape index (κ1) is 19.2. The van der Waals surface area contributed by atoms with Gasteiger partial charge in [0.25, 0.3) is 0 Å². The topological polar surface area (TPSA) is 58.6 Å². The number of carbonyl (C=O) groups is 2. The van der Waals surface area contributed by atoms with Crippen LogP contribution in [0.2, 0.25) is 5.02 Å². The molecule has 1 N–H and O–H groups in total. The highest BCUT2D eigenvalue weighted by molar-refractivity contribution is 6.32. The lowest BCUT2D eigenvalue weighted by Gasteiger charge is -2.31. The van der Waals surface area contributed by atoms with E-state index in [0.717, 1.165) is 5.56 Å². The third-order valence-electron chi connectivity index (χ3n) is 4.84. The molecule has 2 amide bonds. The van der Waals surface area contributed by atoms with Gasteiger partial charge in [-0.1, -0.05) is 41.9 Å². The van der Waals surface area contributed by atoms with Crippen molar-refractivity contribution in [3.8, 4) is 5.75 Å². The van der Waals surface area contributed by atoms with E-state index in [4.69, 9.17) is 16.3 Å². The molecule has 27 heavy (non-hydrogen) atoms. The monoisotopic (exact) mass is 386 g/mol. The zero-order valence-corrected chi connectivity index (χ0v) is 16.0. The van der Waals surface area contributed by atoms with Crippen LogP contribution in [0.5, 0.6) is 5.75 Å². The second-order valence-electron chi connectivity index (χ2n) is 6.66. The van der Waals surface area contributed by atoms with E-state index < -0.39 is 0 Å². The van der Waals surface area contributed by atoms with E-state index in [-0.39, 0.29) is 17.7 Å². The molecule has 0 radical (unpaired) electrons. The Morgan fingerprint density at radius 2 is 1.85 bits per heavy atom. The molecule has 0 aliphatic carbocycles. The Morgan fingerprint density at radius 3 is 2.48 bits per heavy atom. The van der Waals surface area contributed by atoms with Gasteiger partial charge in [0, 0.05) is 24.7 Å². The minimum atomic E-state index is -0.105. The molecule has 3 rings (SSSR count). The number of nitrogens with zero attached hydrogens (tertiary/aromatic N) is 1. The van der Waals surface area contributed by atoms with E-state index in [9.17, 15) is 9.59 Å². The Bertz CT molecular complexity index is 802. The Labute approximate surface area is 164 Å². The zero-order chi connectivity index (χ0) is 19.2. The van der Waals surface area contributed by atoms with Gasteiger partial charge in [0.1, 0.15) is 5.75 Å². The van der Waals surface area contributed by atoms with Gasteiger partial charge in [-0.15, -0.1) is 0 Å². The van der Waals surface area contributed by atoms with Crippen LogP contribution in [0.1, 0.15) is 18.4 Å². The Kier molecular flexibility index (Phi) is 6.35. The largest absolute Gasteiger partial charge is 0.495 e. The number of anilines is 1. The molecular formula is C21H23ClN2O3. The summed E-state index contributed by atoms with van der Waals surface area (Å²) in [5, 5.41) is 3.36. The molecule has 1 saturated heterocycles. The number of hydrogen-bond donors (Lipinski definition) is 1. The standard InChI is InChI=1S/C21H23ClN2O3/c1-27-19-8-7-17(14-18(19)22)23-21(26)16-9-11-24(12-10-16)20(25)13-15-5-3-2-4-6-15/h2-8,14,16H,9-13H2,1H3,(H,23,26).